The van der Waals surface area contributed by atoms with E-state index in [1.807, 2.05) is 31.2 Å². The van der Waals surface area contributed by atoms with Crippen molar-refractivity contribution < 1.29 is 9.26 Å². The molecule has 0 bridgehead atoms. The van der Waals surface area contributed by atoms with Gasteiger partial charge in [0.1, 0.15) is 5.75 Å². The van der Waals surface area contributed by atoms with Crippen LogP contribution in [0.15, 0.2) is 28.8 Å². The number of nitrogens with two attached hydrogens (primary N) is 1. The number of benzene rings is 1. The molecule has 1 aromatic carbocycles. The lowest BCUT2D eigenvalue weighted by Gasteiger charge is -2.06. The second-order valence-electron chi connectivity index (χ2n) is 4.72. The van der Waals surface area contributed by atoms with Crippen LogP contribution < -0.4 is 10.5 Å². The van der Waals surface area contributed by atoms with Gasteiger partial charge in [-0.3, -0.25) is 0 Å². The van der Waals surface area contributed by atoms with E-state index < -0.39 is 0 Å². The Labute approximate surface area is 119 Å². The Hall–Kier alpha value is -1.88. The van der Waals surface area contributed by atoms with Crippen molar-refractivity contribution in [2.45, 2.75) is 32.6 Å². The van der Waals surface area contributed by atoms with Gasteiger partial charge < -0.3 is 15.0 Å². The van der Waals surface area contributed by atoms with E-state index in [1.165, 1.54) is 0 Å². The first-order valence-corrected chi connectivity index (χ1v) is 7.02. The monoisotopic (exact) mass is 275 g/mol. The van der Waals surface area contributed by atoms with E-state index in [2.05, 4.69) is 17.1 Å². The van der Waals surface area contributed by atoms with E-state index in [0.717, 1.165) is 24.2 Å². The Morgan fingerprint density at radius 3 is 2.90 bits per heavy atom. The number of hydrogen-bond acceptors (Lipinski definition) is 5. The Bertz CT molecular complexity index is 539. The van der Waals surface area contributed by atoms with Crippen molar-refractivity contribution in [2.75, 3.05) is 13.2 Å². The van der Waals surface area contributed by atoms with Crippen molar-refractivity contribution in [3.63, 3.8) is 0 Å². The molecule has 0 amide bonds. The van der Waals surface area contributed by atoms with Crippen molar-refractivity contribution >= 4 is 0 Å². The van der Waals surface area contributed by atoms with Crippen LogP contribution >= 0.6 is 0 Å². The molecule has 108 valence electrons. The van der Waals surface area contributed by atoms with E-state index in [4.69, 9.17) is 15.0 Å². The number of hydrogen-bond donors (Lipinski definition) is 1. The van der Waals surface area contributed by atoms with Crippen LogP contribution in [0.1, 0.15) is 38.5 Å². The predicted octanol–water partition coefficient (Wildman–Crippen LogP) is 2.98. The molecule has 0 aliphatic rings. The molecule has 2 rings (SSSR count). The van der Waals surface area contributed by atoms with Gasteiger partial charge in [-0.2, -0.15) is 4.98 Å². The van der Waals surface area contributed by atoms with Crippen LogP contribution in [0.4, 0.5) is 0 Å². The molecule has 0 radical (unpaired) electrons. The van der Waals surface area contributed by atoms with Crippen molar-refractivity contribution in [1.29, 1.82) is 0 Å². The quantitative estimate of drug-likeness (QED) is 0.840. The SMILES string of the molecule is CCOc1ccccc1-c1noc(C(C)CCCN)n1. The van der Waals surface area contributed by atoms with Crippen LogP contribution in [0, 0.1) is 0 Å². The molecule has 2 N–H and O–H groups in total. The summed E-state index contributed by atoms with van der Waals surface area (Å²) in [6.07, 6.45) is 1.90. The van der Waals surface area contributed by atoms with Gasteiger partial charge in [0, 0.05) is 5.92 Å². The Balaban J connectivity index is 2.20. The second kappa shape index (κ2) is 7.05. The summed E-state index contributed by atoms with van der Waals surface area (Å²) in [5, 5.41) is 4.06. The fourth-order valence-corrected chi connectivity index (χ4v) is 2.03. The van der Waals surface area contributed by atoms with Gasteiger partial charge in [-0.15, -0.1) is 0 Å². The summed E-state index contributed by atoms with van der Waals surface area (Å²) < 4.78 is 10.9. The molecule has 0 fully saturated rings. The highest BCUT2D eigenvalue weighted by atomic mass is 16.5. The van der Waals surface area contributed by atoms with Crippen molar-refractivity contribution in [1.82, 2.24) is 10.1 Å². The van der Waals surface area contributed by atoms with Gasteiger partial charge in [-0.1, -0.05) is 24.2 Å². The van der Waals surface area contributed by atoms with E-state index in [-0.39, 0.29) is 5.92 Å². The summed E-state index contributed by atoms with van der Waals surface area (Å²) in [5.74, 6) is 2.22. The smallest absolute Gasteiger partial charge is 0.229 e. The molecule has 0 spiro atoms. The third-order valence-electron chi connectivity index (χ3n) is 3.13. The zero-order valence-electron chi connectivity index (χ0n) is 12.0. The molecular weight excluding hydrogens is 254 g/mol. The summed E-state index contributed by atoms with van der Waals surface area (Å²) in [6, 6.07) is 7.71. The molecule has 1 unspecified atom stereocenters. The molecule has 20 heavy (non-hydrogen) atoms. The predicted molar refractivity (Wildman–Crippen MR) is 77.6 cm³/mol. The summed E-state index contributed by atoms with van der Waals surface area (Å²) >= 11 is 0. The van der Waals surface area contributed by atoms with E-state index in [1.54, 1.807) is 0 Å². The minimum Gasteiger partial charge on any atom is -0.493 e. The summed E-state index contributed by atoms with van der Waals surface area (Å²) in [4.78, 5) is 4.48. The second-order valence-corrected chi connectivity index (χ2v) is 4.72. The fourth-order valence-electron chi connectivity index (χ4n) is 2.03. The van der Waals surface area contributed by atoms with Gasteiger partial charge in [-0.25, -0.2) is 0 Å². The molecule has 1 heterocycles. The molecule has 1 aromatic heterocycles. The number of ether oxygens (including phenoxy) is 1. The first-order chi connectivity index (χ1) is 9.76. The maximum atomic E-state index is 5.59. The lowest BCUT2D eigenvalue weighted by Crippen LogP contribution is -2.02. The van der Waals surface area contributed by atoms with Gasteiger partial charge in [0.25, 0.3) is 0 Å². The maximum absolute atomic E-state index is 5.59. The number of nitrogens with zero attached hydrogens (tertiary/aromatic N) is 2. The van der Waals surface area contributed by atoms with E-state index in [9.17, 15) is 0 Å². The Morgan fingerprint density at radius 2 is 2.15 bits per heavy atom. The highest BCUT2D eigenvalue weighted by molar-refractivity contribution is 5.63. The van der Waals surface area contributed by atoms with Crippen LogP contribution in [0.5, 0.6) is 5.75 Å². The Morgan fingerprint density at radius 1 is 1.35 bits per heavy atom. The summed E-state index contributed by atoms with van der Waals surface area (Å²) in [5.41, 5.74) is 6.38. The minimum atomic E-state index is 0.221. The normalized spacial score (nSPS) is 12.3. The van der Waals surface area contributed by atoms with Crippen molar-refractivity contribution in [3.05, 3.63) is 30.2 Å². The van der Waals surface area contributed by atoms with Crippen LogP contribution in [0.3, 0.4) is 0 Å². The molecular formula is C15H21N3O2. The van der Waals surface area contributed by atoms with Crippen LogP contribution in [0.25, 0.3) is 11.4 Å². The van der Waals surface area contributed by atoms with Gasteiger partial charge in [0.05, 0.1) is 12.2 Å². The molecule has 5 heteroatoms. The van der Waals surface area contributed by atoms with E-state index >= 15 is 0 Å². The molecule has 1 atom stereocenters. The fraction of sp³-hybridized carbons (Fsp3) is 0.467. The molecule has 0 saturated carbocycles. The van der Waals surface area contributed by atoms with Crippen molar-refractivity contribution in [3.8, 4) is 17.1 Å². The zero-order chi connectivity index (χ0) is 14.4. The first-order valence-electron chi connectivity index (χ1n) is 7.02. The lowest BCUT2D eigenvalue weighted by atomic mass is 10.1. The number of para-hydroxylation sites is 1. The van der Waals surface area contributed by atoms with Crippen LogP contribution in [0.2, 0.25) is 0 Å². The lowest BCUT2D eigenvalue weighted by molar-refractivity contribution is 0.340. The topological polar surface area (TPSA) is 74.2 Å². The van der Waals surface area contributed by atoms with Crippen LogP contribution in [-0.2, 0) is 0 Å². The third kappa shape index (κ3) is 3.36. The number of rotatable bonds is 7. The molecule has 2 aromatic rings. The zero-order valence-corrected chi connectivity index (χ0v) is 12.0. The molecule has 0 aliphatic heterocycles. The van der Waals surface area contributed by atoms with Crippen LogP contribution in [-0.4, -0.2) is 23.3 Å². The van der Waals surface area contributed by atoms with Crippen molar-refractivity contribution in [2.24, 2.45) is 5.73 Å². The van der Waals surface area contributed by atoms with E-state index in [0.29, 0.717) is 24.9 Å². The third-order valence-corrected chi connectivity index (χ3v) is 3.13. The van der Waals surface area contributed by atoms with Gasteiger partial charge >= 0.3 is 0 Å². The standard InChI is InChI=1S/C15H21N3O2/c1-3-19-13-9-5-4-8-12(13)14-17-15(20-18-14)11(2)7-6-10-16/h4-5,8-9,11H,3,6-7,10,16H2,1-2H3. The highest BCUT2D eigenvalue weighted by Gasteiger charge is 2.17. The minimum absolute atomic E-state index is 0.221. The summed E-state index contributed by atoms with van der Waals surface area (Å²) in [6.45, 7) is 5.31. The number of aromatic nitrogens is 2. The average molecular weight is 275 g/mol. The average Bonchev–Trinajstić information content (AvgIpc) is 2.95. The Kier molecular flexibility index (Phi) is 5.12. The molecule has 0 saturated heterocycles. The first kappa shape index (κ1) is 14.5. The van der Waals surface area contributed by atoms with Gasteiger partial charge in [0.15, 0.2) is 0 Å². The largest absolute Gasteiger partial charge is 0.493 e. The summed E-state index contributed by atoms with van der Waals surface area (Å²) in [7, 11) is 0. The molecule has 5 nitrogen and oxygen atoms in total. The van der Waals surface area contributed by atoms with Gasteiger partial charge in [-0.05, 0) is 38.4 Å². The maximum Gasteiger partial charge on any atom is 0.229 e. The molecule has 0 aliphatic carbocycles. The highest BCUT2D eigenvalue weighted by Crippen LogP contribution is 2.29. The van der Waals surface area contributed by atoms with Gasteiger partial charge in [0.2, 0.25) is 11.7 Å².